The van der Waals surface area contributed by atoms with Gasteiger partial charge in [0, 0.05) is 36.9 Å². The highest BCUT2D eigenvalue weighted by atomic mass is 16.5. The zero-order valence-electron chi connectivity index (χ0n) is 11.6. The van der Waals surface area contributed by atoms with Gasteiger partial charge in [-0.2, -0.15) is 0 Å². The van der Waals surface area contributed by atoms with Crippen molar-refractivity contribution in [3.05, 3.63) is 54.4 Å². The lowest BCUT2D eigenvalue weighted by Gasteiger charge is -2.09. The van der Waals surface area contributed by atoms with E-state index in [1.54, 1.807) is 13.3 Å². The molecule has 0 radical (unpaired) electrons. The minimum atomic E-state index is 0.618. The summed E-state index contributed by atoms with van der Waals surface area (Å²) >= 11 is 0. The van der Waals surface area contributed by atoms with Crippen molar-refractivity contribution in [1.29, 1.82) is 0 Å². The molecule has 0 fully saturated rings. The van der Waals surface area contributed by atoms with E-state index in [2.05, 4.69) is 52.4 Å². The van der Waals surface area contributed by atoms with E-state index in [9.17, 15) is 0 Å². The summed E-state index contributed by atoms with van der Waals surface area (Å²) in [6.07, 6.45) is 3.88. The number of fused-ring (bicyclic) bond motifs is 1. The minimum Gasteiger partial charge on any atom is -0.480 e. The van der Waals surface area contributed by atoms with E-state index in [4.69, 9.17) is 4.74 Å². The third-order valence-electron chi connectivity index (χ3n) is 3.41. The summed E-state index contributed by atoms with van der Waals surface area (Å²) in [5.74, 6) is 0.618. The van der Waals surface area contributed by atoms with Crippen LogP contribution in [0.25, 0.3) is 10.9 Å². The zero-order chi connectivity index (χ0) is 13.9. The average Bonchev–Trinajstić information content (AvgIpc) is 2.82. The summed E-state index contributed by atoms with van der Waals surface area (Å²) in [5, 5.41) is 4.65. The number of methoxy groups -OCH3 is 1. The fraction of sp³-hybridized carbons (Fsp3) is 0.188. The third kappa shape index (κ3) is 2.20. The summed E-state index contributed by atoms with van der Waals surface area (Å²) < 4.78 is 7.39. The molecule has 0 atom stereocenters. The van der Waals surface area contributed by atoms with Gasteiger partial charge in [-0.1, -0.05) is 18.2 Å². The zero-order valence-corrected chi connectivity index (χ0v) is 11.6. The van der Waals surface area contributed by atoms with E-state index in [-0.39, 0.29) is 0 Å². The van der Waals surface area contributed by atoms with Crippen LogP contribution in [0.3, 0.4) is 0 Å². The van der Waals surface area contributed by atoms with E-state index < -0.39 is 0 Å². The van der Waals surface area contributed by atoms with E-state index in [0.717, 1.165) is 12.2 Å². The maximum absolute atomic E-state index is 5.25. The van der Waals surface area contributed by atoms with Crippen LogP contribution in [0.4, 0.5) is 5.69 Å². The van der Waals surface area contributed by atoms with Crippen molar-refractivity contribution in [2.24, 2.45) is 7.05 Å². The molecule has 2 heterocycles. The molecule has 4 heteroatoms. The molecule has 3 aromatic rings. The lowest BCUT2D eigenvalue weighted by molar-refractivity contribution is 0.399. The van der Waals surface area contributed by atoms with Crippen LogP contribution in [0.2, 0.25) is 0 Å². The van der Waals surface area contributed by atoms with Crippen LogP contribution in [-0.4, -0.2) is 16.7 Å². The van der Waals surface area contributed by atoms with Gasteiger partial charge < -0.3 is 14.6 Å². The van der Waals surface area contributed by atoms with Gasteiger partial charge in [0.15, 0.2) is 0 Å². The molecule has 1 N–H and O–H groups in total. The van der Waals surface area contributed by atoms with Crippen molar-refractivity contribution < 1.29 is 4.74 Å². The van der Waals surface area contributed by atoms with Crippen molar-refractivity contribution in [1.82, 2.24) is 9.55 Å². The second kappa shape index (κ2) is 5.25. The number of ether oxygens (including phenoxy) is 1. The summed E-state index contributed by atoms with van der Waals surface area (Å²) in [6, 6.07) is 12.3. The quantitative estimate of drug-likeness (QED) is 0.789. The standard InChI is InChI=1S/C16H17N3O/c1-19-11-12(13-6-3-4-8-15(13)19)10-18-14-7-5-9-17-16(14)20-2/h3-9,11,18H,10H2,1-2H3. The lowest BCUT2D eigenvalue weighted by Crippen LogP contribution is -2.01. The molecule has 0 aliphatic carbocycles. The Hall–Kier alpha value is -2.49. The number of nitrogens with zero attached hydrogens (tertiary/aromatic N) is 2. The predicted octanol–water partition coefficient (Wildman–Crippen LogP) is 3.19. The lowest BCUT2D eigenvalue weighted by atomic mass is 10.2. The van der Waals surface area contributed by atoms with Crippen LogP contribution < -0.4 is 10.1 Å². The van der Waals surface area contributed by atoms with Crippen LogP contribution in [0.15, 0.2) is 48.8 Å². The molecule has 0 unspecified atom stereocenters. The van der Waals surface area contributed by atoms with Gasteiger partial charge in [0.1, 0.15) is 0 Å². The maximum atomic E-state index is 5.25. The largest absolute Gasteiger partial charge is 0.480 e. The molecule has 0 amide bonds. The van der Waals surface area contributed by atoms with Crippen LogP contribution in [0.1, 0.15) is 5.56 Å². The molecule has 0 aliphatic heterocycles. The van der Waals surface area contributed by atoms with E-state index in [1.165, 1.54) is 16.5 Å². The van der Waals surface area contributed by atoms with Crippen molar-refractivity contribution >= 4 is 16.6 Å². The van der Waals surface area contributed by atoms with Gasteiger partial charge in [-0.25, -0.2) is 4.98 Å². The molecule has 0 bridgehead atoms. The molecule has 3 rings (SSSR count). The molecule has 0 saturated heterocycles. The van der Waals surface area contributed by atoms with Gasteiger partial charge in [0.05, 0.1) is 12.8 Å². The number of aromatic nitrogens is 2. The van der Waals surface area contributed by atoms with Gasteiger partial charge in [0.2, 0.25) is 5.88 Å². The Morgan fingerprint density at radius 1 is 1.20 bits per heavy atom. The molecule has 2 aromatic heterocycles. The molecule has 0 saturated carbocycles. The number of aryl methyl sites for hydroxylation is 1. The monoisotopic (exact) mass is 267 g/mol. The number of benzene rings is 1. The van der Waals surface area contributed by atoms with Crippen LogP contribution >= 0.6 is 0 Å². The number of hydrogen-bond donors (Lipinski definition) is 1. The Morgan fingerprint density at radius 3 is 2.90 bits per heavy atom. The number of nitrogens with one attached hydrogen (secondary N) is 1. The van der Waals surface area contributed by atoms with Crippen molar-refractivity contribution in [2.45, 2.75) is 6.54 Å². The maximum Gasteiger partial charge on any atom is 0.237 e. The molecule has 102 valence electrons. The van der Waals surface area contributed by atoms with Crippen LogP contribution in [0.5, 0.6) is 5.88 Å². The number of hydrogen-bond acceptors (Lipinski definition) is 3. The Bertz CT molecular complexity index is 733. The molecule has 4 nitrogen and oxygen atoms in total. The first-order chi connectivity index (χ1) is 9.79. The highest BCUT2D eigenvalue weighted by molar-refractivity contribution is 5.84. The van der Waals surface area contributed by atoms with Crippen molar-refractivity contribution in [3.8, 4) is 5.88 Å². The molecular weight excluding hydrogens is 250 g/mol. The Balaban J connectivity index is 1.87. The number of rotatable bonds is 4. The van der Waals surface area contributed by atoms with E-state index in [1.807, 2.05) is 12.1 Å². The van der Waals surface area contributed by atoms with E-state index >= 15 is 0 Å². The average molecular weight is 267 g/mol. The smallest absolute Gasteiger partial charge is 0.237 e. The molecule has 20 heavy (non-hydrogen) atoms. The second-order valence-corrected chi connectivity index (χ2v) is 4.70. The summed E-state index contributed by atoms with van der Waals surface area (Å²) in [5.41, 5.74) is 3.40. The number of anilines is 1. The highest BCUT2D eigenvalue weighted by Crippen LogP contribution is 2.24. The Kier molecular flexibility index (Phi) is 3.29. The van der Waals surface area contributed by atoms with Crippen molar-refractivity contribution in [3.63, 3.8) is 0 Å². The fourth-order valence-corrected chi connectivity index (χ4v) is 2.44. The topological polar surface area (TPSA) is 39.1 Å². The Morgan fingerprint density at radius 2 is 2.05 bits per heavy atom. The molecular formula is C16H17N3O. The molecule has 0 spiro atoms. The van der Waals surface area contributed by atoms with Gasteiger partial charge >= 0.3 is 0 Å². The summed E-state index contributed by atoms with van der Waals surface area (Å²) in [6.45, 7) is 0.739. The first kappa shape index (κ1) is 12.5. The predicted molar refractivity (Wildman–Crippen MR) is 81.0 cm³/mol. The van der Waals surface area contributed by atoms with Gasteiger partial charge in [0.25, 0.3) is 0 Å². The van der Waals surface area contributed by atoms with Gasteiger partial charge in [-0.3, -0.25) is 0 Å². The minimum absolute atomic E-state index is 0.618. The van der Waals surface area contributed by atoms with Crippen LogP contribution in [-0.2, 0) is 13.6 Å². The first-order valence-corrected chi connectivity index (χ1v) is 6.55. The normalized spacial score (nSPS) is 10.7. The number of para-hydroxylation sites is 1. The van der Waals surface area contributed by atoms with Gasteiger partial charge in [-0.05, 0) is 23.8 Å². The van der Waals surface area contributed by atoms with E-state index in [0.29, 0.717) is 5.88 Å². The first-order valence-electron chi connectivity index (χ1n) is 6.55. The highest BCUT2D eigenvalue weighted by Gasteiger charge is 2.07. The fourth-order valence-electron chi connectivity index (χ4n) is 2.44. The second-order valence-electron chi connectivity index (χ2n) is 4.70. The summed E-state index contributed by atoms with van der Waals surface area (Å²) in [4.78, 5) is 4.19. The van der Waals surface area contributed by atoms with Crippen LogP contribution in [0, 0.1) is 0 Å². The summed E-state index contributed by atoms with van der Waals surface area (Å²) in [7, 11) is 3.70. The Labute approximate surface area is 118 Å². The number of pyridine rings is 1. The van der Waals surface area contributed by atoms with Crippen molar-refractivity contribution in [2.75, 3.05) is 12.4 Å². The van der Waals surface area contributed by atoms with Gasteiger partial charge in [-0.15, -0.1) is 0 Å². The molecule has 0 aliphatic rings. The third-order valence-corrected chi connectivity index (χ3v) is 3.41. The molecule has 1 aromatic carbocycles. The SMILES string of the molecule is COc1ncccc1NCc1cn(C)c2ccccc12.